The minimum absolute atomic E-state index is 0.394. The topological polar surface area (TPSA) is 83.5 Å². The summed E-state index contributed by atoms with van der Waals surface area (Å²) in [6, 6.07) is 2.16. The van der Waals surface area contributed by atoms with Crippen molar-refractivity contribution in [1.29, 1.82) is 0 Å². The zero-order valence-electron chi connectivity index (χ0n) is 10.9. The molecule has 0 heterocycles. The van der Waals surface area contributed by atoms with Crippen LogP contribution in [-0.4, -0.2) is 25.5 Å². The van der Waals surface area contributed by atoms with Crippen molar-refractivity contribution in [2.75, 3.05) is 0 Å². The second-order valence-electron chi connectivity index (χ2n) is 4.40. The highest BCUT2D eigenvalue weighted by Gasteiger charge is 2.30. The third kappa shape index (κ3) is 4.00. The molecule has 0 aliphatic rings. The number of hydrogen-bond donors (Lipinski definition) is 2. The first-order chi connectivity index (χ1) is 9.19. The van der Waals surface area contributed by atoms with E-state index in [1.165, 1.54) is 6.07 Å². The minimum Gasteiger partial charge on any atom is -0.480 e. The molecule has 0 aliphatic carbocycles. The Morgan fingerprint density at radius 2 is 2.10 bits per heavy atom. The van der Waals surface area contributed by atoms with Crippen LogP contribution in [0.3, 0.4) is 0 Å². The highest BCUT2D eigenvalue weighted by Crippen LogP contribution is 2.20. The van der Waals surface area contributed by atoms with Crippen molar-refractivity contribution in [2.24, 2.45) is 5.92 Å². The maximum absolute atomic E-state index is 13.7. The van der Waals surface area contributed by atoms with Gasteiger partial charge in [0.15, 0.2) is 0 Å². The number of benzene rings is 1. The van der Waals surface area contributed by atoms with Crippen LogP contribution in [0.1, 0.15) is 20.3 Å². The standard InChI is InChI=1S/C12H15BrFNO4S/c1-3-7(2)11(12(16)17)15-20(18,19)10-5-4-8(13)6-9(10)14/h4-7,11,15H,3H2,1-2H3,(H,16,17)/t7-,11-/m0/s1. The zero-order valence-corrected chi connectivity index (χ0v) is 13.3. The lowest BCUT2D eigenvalue weighted by atomic mass is 10.0. The van der Waals surface area contributed by atoms with Crippen LogP contribution in [0.15, 0.2) is 27.6 Å². The molecule has 112 valence electrons. The maximum atomic E-state index is 13.7. The van der Waals surface area contributed by atoms with Gasteiger partial charge in [-0.05, 0) is 24.1 Å². The van der Waals surface area contributed by atoms with E-state index >= 15 is 0 Å². The van der Waals surface area contributed by atoms with E-state index in [0.29, 0.717) is 10.9 Å². The number of halogens is 2. The second-order valence-corrected chi connectivity index (χ2v) is 7.00. The van der Waals surface area contributed by atoms with Crippen molar-refractivity contribution in [2.45, 2.75) is 31.2 Å². The lowest BCUT2D eigenvalue weighted by molar-refractivity contribution is -0.140. The summed E-state index contributed by atoms with van der Waals surface area (Å²) in [7, 11) is -4.23. The van der Waals surface area contributed by atoms with Crippen molar-refractivity contribution in [1.82, 2.24) is 4.72 Å². The van der Waals surface area contributed by atoms with Gasteiger partial charge in [0.25, 0.3) is 0 Å². The maximum Gasteiger partial charge on any atom is 0.322 e. The lowest BCUT2D eigenvalue weighted by Gasteiger charge is -2.20. The molecule has 2 N–H and O–H groups in total. The third-order valence-corrected chi connectivity index (χ3v) is 4.91. The Balaban J connectivity index is 3.13. The summed E-state index contributed by atoms with van der Waals surface area (Å²) in [6.07, 6.45) is 0.475. The number of nitrogens with one attached hydrogen (secondary N) is 1. The summed E-state index contributed by atoms with van der Waals surface area (Å²) in [5.41, 5.74) is 0. The van der Waals surface area contributed by atoms with Crippen molar-refractivity contribution in [3.8, 4) is 0 Å². The molecule has 1 rings (SSSR count). The fraction of sp³-hybridized carbons (Fsp3) is 0.417. The highest BCUT2D eigenvalue weighted by molar-refractivity contribution is 9.10. The minimum atomic E-state index is -4.23. The molecule has 0 saturated carbocycles. The molecule has 0 saturated heterocycles. The Morgan fingerprint density at radius 3 is 2.55 bits per heavy atom. The summed E-state index contributed by atoms with van der Waals surface area (Å²) >= 11 is 3.02. The molecular weight excluding hydrogens is 353 g/mol. The monoisotopic (exact) mass is 367 g/mol. The van der Waals surface area contributed by atoms with E-state index in [1.54, 1.807) is 13.8 Å². The molecule has 0 aromatic heterocycles. The number of aliphatic carboxylic acids is 1. The van der Waals surface area contributed by atoms with Gasteiger partial charge in [0, 0.05) is 4.47 Å². The molecule has 20 heavy (non-hydrogen) atoms. The van der Waals surface area contributed by atoms with Crippen molar-refractivity contribution in [3.63, 3.8) is 0 Å². The van der Waals surface area contributed by atoms with E-state index in [0.717, 1.165) is 12.1 Å². The average molecular weight is 368 g/mol. The van der Waals surface area contributed by atoms with Gasteiger partial charge >= 0.3 is 5.97 Å². The molecular formula is C12H15BrFNO4S. The summed E-state index contributed by atoms with van der Waals surface area (Å²) in [4.78, 5) is 10.5. The fourth-order valence-corrected chi connectivity index (χ4v) is 3.26. The third-order valence-electron chi connectivity index (χ3n) is 2.94. The molecule has 0 unspecified atom stereocenters. The Bertz CT molecular complexity index is 605. The van der Waals surface area contributed by atoms with Gasteiger partial charge in [-0.25, -0.2) is 12.8 Å². The molecule has 0 amide bonds. The summed E-state index contributed by atoms with van der Waals surface area (Å²) in [5, 5.41) is 9.07. The Kier molecular flexibility index (Phi) is 5.67. The van der Waals surface area contributed by atoms with E-state index in [1.807, 2.05) is 4.72 Å². The molecule has 0 spiro atoms. The van der Waals surface area contributed by atoms with Crippen LogP contribution in [0, 0.1) is 11.7 Å². The highest BCUT2D eigenvalue weighted by atomic mass is 79.9. The van der Waals surface area contributed by atoms with Gasteiger partial charge in [-0.3, -0.25) is 4.79 Å². The predicted molar refractivity (Wildman–Crippen MR) is 75.3 cm³/mol. The quantitative estimate of drug-likeness (QED) is 0.808. The first-order valence-electron chi connectivity index (χ1n) is 5.89. The largest absolute Gasteiger partial charge is 0.480 e. The predicted octanol–water partition coefficient (Wildman–Crippen LogP) is 2.37. The van der Waals surface area contributed by atoms with E-state index in [4.69, 9.17) is 5.11 Å². The van der Waals surface area contributed by atoms with Gasteiger partial charge in [-0.1, -0.05) is 36.2 Å². The van der Waals surface area contributed by atoms with Crippen molar-refractivity contribution in [3.05, 3.63) is 28.5 Å². The molecule has 8 heteroatoms. The van der Waals surface area contributed by atoms with Gasteiger partial charge in [-0.2, -0.15) is 4.72 Å². The van der Waals surface area contributed by atoms with Crippen LogP contribution in [0.25, 0.3) is 0 Å². The van der Waals surface area contributed by atoms with Gasteiger partial charge in [-0.15, -0.1) is 0 Å². The summed E-state index contributed by atoms with van der Waals surface area (Å²) < 4.78 is 40.3. The van der Waals surface area contributed by atoms with Crippen LogP contribution < -0.4 is 4.72 Å². The average Bonchev–Trinajstić information content (AvgIpc) is 2.34. The smallest absolute Gasteiger partial charge is 0.322 e. The van der Waals surface area contributed by atoms with Crippen LogP contribution in [0.2, 0.25) is 0 Å². The zero-order chi connectivity index (χ0) is 15.5. The number of sulfonamides is 1. The summed E-state index contributed by atoms with van der Waals surface area (Å²) in [5.74, 6) is -2.65. The molecule has 1 aromatic carbocycles. The molecule has 2 atom stereocenters. The Labute approximate surface area is 125 Å². The molecule has 1 aromatic rings. The van der Waals surface area contributed by atoms with E-state index < -0.39 is 38.7 Å². The van der Waals surface area contributed by atoms with E-state index in [-0.39, 0.29) is 0 Å². The van der Waals surface area contributed by atoms with Crippen LogP contribution in [-0.2, 0) is 14.8 Å². The van der Waals surface area contributed by atoms with Gasteiger partial charge < -0.3 is 5.11 Å². The Hall–Kier alpha value is -0.990. The van der Waals surface area contributed by atoms with E-state index in [9.17, 15) is 17.6 Å². The van der Waals surface area contributed by atoms with Crippen molar-refractivity contribution >= 4 is 31.9 Å². The number of carboxylic acid groups (broad SMARTS) is 1. The first kappa shape index (κ1) is 17.1. The number of carbonyl (C=O) groups is 1. The number of carboxylic acids is 1. The van der Waals surface area contributed by atoms with Crippen LogP contribution in [0.4, 0.5) is 4.39 Å². The fourth-order valence-electron chi connectivity index (χ4n) is 1.57. The Morgan fingerprint density at radius 1 is 1.50 bits per heavy atom. The number of rotatable bonds is 6. The van der Waals surface area contributed by atoms with Crippen molar-refractivity contribution < 1.29 is 22.7 Å². The SMILES string of the molecule is CC[C@H](C)[C@H](NS(=O)(=O)c1ccc(Br)cc1F)C(=O)O. The molecule has 0 fully saturated rings. The van der Waals surface area contributed by atoms with Crippen LogP contribution >= 0.6 is 15.9 Å². The van der Waals surface area contributed by atoms with E-state index in [2.05, 4.69) is 15.9 Å². The molecule has 0 radical (unpaired) electrons. The van der Waals surface area contributed by atoms with Crippen LogP contribution in [0.5, 0.6) is 0 Å². The lowest BCUT2D eigenvalue weighted by Crippen LogP contribution is -2.45. The number of hydrogen-bond acceptors (Lipinski definition) is 3. The van der Waals surface area contributed by atoms with Gasteiger partial charge in [0.1, 0.15) is 16.8 Å². The first-order valence-corrected chi connectivity index (χ1v) is 8.16. The second kappa shape index (κ2) is 6.64. The molecule has 5 nitrogen and oxygen atoms in total. The molecule has 0 aliphatic heterocycles. The van der Waals surface area contributed by atoms with Gasteiger partial charge in [0.05, 0.1) is 0 Å². The normalized spacial score (nSPS) is 14.8. The summed E-state index contributed by atoms with van der Waals surface area (Å²) in [6.45, 7) is 3.36. The van der Waals surface area contributed by atoms with Gasteiger partial charge in [0.2, 0.25) is 10.0 Å². The molecule has 0 bridgehead atoms.